The molecule has 1 N–H and O–H groups in total. The van der Waals surface area contributed by atoms with Crippen LogP contribution >= 0.6 is 15.9 Å². The first-order chi connectivity index (χ1) is 6.33. The van der Waals surface area contributed by atoms with Crippen molar-refractivity contribution in [3.8, 4) is 11.4 Å². The van der Waals surface area contributed by atoms with Crippen LogP contribution < -0.4 is 0 Å². The Hall–Kier alpha value is -1.24. The van der Waals surface area contributed by atoms with E-state index >= 15 is 0 Å². The molecule has 0 bridgehead atoms. The average Bonchev–Trinajstić information content (AvgIpc) is 2.72. The molecule has 0 spiro atoms. The summed E-state index contributed by atoms with van der Waals surface area (Å²) in [5.41, 5.74) is 0.843. The van der Waals surface area contributed by atoms with Gasteiger partial charge in [-0.05, 0) is 28.1 Å². The summed E-state index contributed by atoms with van der Waals surface area (Å²) in [6, 6.07) is 0. The van der Waals surface area contributed by atoms with Crippen molar-refractivity contribution in [3.05, 3.63) is 10.8 Å². The largest absolute Gasteiger partial charge is 0.258 e. The van der Waals surface area contributed by atoms with Gasteiger partial charge in [-0.15, -0.1) is 10.2 Å². The number of hydrogen-bond acceptors (Lipinski definition) is 4. The molecule has 0 aromatic carbocycles. The maximum atomic E-state index is 4.14. The molecule has 0 saturated heterocycles. The quantitative estimate of drug-likeness (QED) is 0.848. The number of aryl methyl sites for hydroxylation is 1. The van der Waals surface area contributed by atoms with Crippen LogP contribution in [0.5, 0.6) is 0 Å². The van der Waals surface area contributed by atoms with Crippen molar-refractivity contribution in [3.63, 3.8) is 0 Å². The Balaban J connectivity index is 2.48. The van der Waals surface area contributed by atoms with E-state index in [9.17, 15) is 0 Å². The smallest absolute Gasteiger partial charge is 0.208 e. The fourth-order valence-corrected chi connectivity index (χ4v) is 1.64. The minimum atomic E-state index is 0.548. The number of halogens is 1. The zero-order valence-electron chi connectivity index (χ0n) is 6.90. The predicted molar refractivity (Wildman–Crippen MR) is 48.8 cm³/mol. The molecule has 6 nitrogen and oxygen atoms in total. The van der Waals surface area contributed by atoms with E-state index in [1.54, 1.807) is 6.20 Å². The number of tetrazole rings is 1. The van der Waals surface area contributed by atoms with Gasteiger partial charge in [0.25, 0.3) is 0 Å². The van der Waals surface area contributed by atoms with E-state index in [0.717, 1.165) is 16.7 Å². The summed E-state index contributed by atoms with van der Waals surface area (Å²) in [4.78, 5) is 0. The van der Waals surface area contributed by atoms with Crippen LogP contribution in [0.4, 0.5) is 0 Å². The van der Waals surface area contributed by atoms with Crippen molar-refractivity contribution in [1.29, 1.82) is 0 Å². The standard InChI is InChI=1S/C6H7BrN6/c1-2-13-5(7)4(3-8-13)6-9-11-12-10-6/h3H,2H2,1H3,(H,9,10,11,12). The first-order valence-corrected chi connectivity index (χ1v) is 4.57. The highest BCUT2D eigenvalue weighted by Gasteiger charge is 2.12. The van der Waals surface area contributed by atoms with Gasteiger partial charge in [0.1, 0.15) is 4.60 Å². The Morgan fingerprint density at radius 3 is 3.00 bits per heavy atom. The van der Waals surface area contributed by atoms with Gasteiger partial charge in [0.15, 0.2) is 0 Å². The number of aromatic nitrogens is 6. The van der Waals surface area contributed by atoms with Gasteiger partial charge in [0.2, 0.25) is 5.82 Å². The Bertz CT molecular complexity index is 391. The summed E-state index contributed by atoms with van der Waals surface area (Å²) in [7, 11) is 0. The first-order valence-electron chi connectivity index (χ1n) is 3.78. The van der Waals surface area contributed by atoms with Crippen LogP contribution in [-0.4, -0.2) is 30.4 Å². The molecule has 2 rings (SSSR count). The summed E-state index contributed by atoms with van der Waals surface area (Å²) in [6.45, 7) is 2.82. The van der Waals surface area contributed by atoms with Gasteiger partial charge in [-0.1, -0.05) is 0 Å². The molecule has 2 aromatic rings. The van der Waals surface area contributed by atoms with Gasteiger partial charge in [-0.25, -0.2) is 0 Å². The van der Waals surface area contributed by atoms with Crippen LogP contribution in [0.2, 0.25) is 0 Å². The molecule has 2 aromatic heterocycles. The Morgan fingerprint density at radius 2 is 2.46 bits per heavy atom. The number of H-pyrrole nitrogens is 1. The zero-order chi connectivity index (χ0) is 9.26. The molecule has 68 valence electrons. The highest BCUT2D eigenvalue weighted by Crippen LogP contribution is 2.23. The van der Waals surface area contributed by atoms with Gasteiger partial charge in [-0.2, -0.15) is 10.3 Å². The van der Waals surface area contributed by atoms with Gasteiger partial charge >= 0.3 is 0 Å². The second-order valence-electron chi connectivity index (χ2n) is 2.40. The highest BCUT2D eigenvalue weighted by atomic mass is 79.9. The summed E-state index contributed by atoms with van der Waals surface area (Å²) < 4.78 is 2.68. The van der Waals surface area contributed by atoms with Crippen LogP contribution in [0.15, 0.2) is 10.8 Å². The molecule has 0 aliphatic rings. The Morgan fingerprint density at radius 1 is 1.62 bits per heavy atom. The van der Waals surface area contributed by atoms with E-state index in [1.807, 2.05) is 11.6 Å². The molecular weight excluding hydrogens is 236 g/mol. The average molecular weight is 243 g/mol. The molecule has 0 aliphatic carbocycles. The van der Waals surface area contributed by atoms with E-state index in [-0.39, 0.29) is 0 Å². The third kappa shape index (κ3) is 1.35. The van der Waals surface area contributed by atoms with Gasteiger partial charge in [0, 0.05) is 6.54 Å². The predicted octanol–water partition coefficient (Wildman–Crippen LogP) is 0.846. The molecule has 0 atom stereocenters. The lowest BCUT2D eigenvalue weighted by Gasteiger charge is -1.96. The van der Waals surface area contributed by atoms with Crippen LogP contribution in [0, 0.1) is 0 Å². The lowest BCUT2D eigenvalue weighted by atomic mass is 10.3. The van der Waals surface area contributed by atoms with Crippen molar-refractivity contribution in [2.24, 2.45) is 0 Å². The molecule has 0 radical (unpaired) electrons. The normalized spacial score (nSPS) is 10.6. The van der Waals surface area contributed by atoms with Gasteiger partial charge in [-0.3, -0.25) is 4.68 Å². The second-order valence-corrected chi connectivity index (χ2v) is 3.15. The second kappa shape index (κ2) is 3.25. The van der Waals surface area contributed by atoms with Crippen molar-refractivity contribution in [1.82, 2.24) is 30.4 Å². The Labute approximate surface area is 82.5 Å². The minimum absolute atomic E-state index is 0.548. The van der Waals surface area contributed by atoms with Crippen LogP contribution in [-0.2, 0) is 6.54 Å². The number of rotatable bonds is 2. The fraction of sp³-hybridized carbons (Fsp3) is 0.333. The van der Waals surface area contributed by atoms with E-state index < -0.39 is 0 Å². The molecular formula is C6H7BrN6. The van der Waals surface area contributed by atoms with Crippen LogP contribution in [0.25, 0.3) is 11.4 Å². The number of hydrogen-bond donors (Lipinski definition) is 1. The lowest BCUT2D eigenvalue weighted by molar-refractivity contribution is 0.645. The maximum Gasteiger partial charge on any atom is 0.208 e. The molecule has 0 saturated carbocycles. The van der Waals surface area contributed by atoms with E-state index in [1.165, 1.54) is 0 Å². The van der Waals surface area contributed by atoms with Gasteiger partial charge in [0.05, 0.1) is 11.8 Å². The third-order valence-corrected chi connectivity index (χ3v) is 2.50. The molecule has 2 heterocycles. The van der Waals surface area contributed by atoms with Crippen molar-refractivity contribution < 1.29 is 0 Å². The molecule has 0 amide bonds. The molecule has 13 heavy (non-hydrogen) atoms. The van der Waals surface area contributed by atoms with Crippen LogP contribution in [0.3, 0.4) is 0 Å². The van der Waals surface area contributed by atoms with Crippen molar-refractivity contribution in [2.45, 2.75) is 13.5 Å². The zero-order valence-corrected chi connectivity index (χ0v) is 8.48. The van der Waals surface area contributed by atoms with Gasteiger partial charge < -0.3 is 0 Å². The molecule has 7 heteroatoms. The van der Waals surface area contributed by atoms with Crippen LogP contribution in [0.1, 0.15) is 6.92 Å². The molecule has 0 unspecified atom stereocenters. The summed E-state index contributed by atoms with van der Waals surface area (Å²) in [5, 5.41) is 17.7. The van der Waals surface area contributed by atoms with Crippen molar-refractivity contribution in [2.75, 3.05) is 0 Å². The molecule has 0 fully saturated rings. The summed E-state index contributed by atoms with van der Waals surface area (Å²) >= 11 is 3.41. The number of nitrogens with zero attached hydrogens (tertiary/aromatic N) is 5. The highest BCUT2D eigenvalue weighted by molar-refractivity contribution is 9.10. The number of aromatic amines is 1. The number of nitrogens with one attached hydrogen (secondary N) is 1. The monoisotopic (exact) mass is 242 g/mol. The maximum absolute atomic E-state index is 4.14. The minimum Gasteiger partial charge on any atom is -0.258 e. The SMILES string of the molecule is CCn1ncc(-c2nn[nH]n2)c1Br. The summed E-state index contributed by atoms with van der Waals surface area (Å²) in [5.74, 6) is 0.548. The molecule has 0 aliphatic heterocycles. The van der Waals surface area contributed by atoms with E-state index in [2.05, 4.69) is 41.7 Å². The lowest BCUT2D eigenvalue weighted by Crippen LogP contribution is -1.95. The Kier molecular flexibility index (Phi) is 2.09. The topological polar surface area (TPSA) is 72.3 Å². The van der Waals surface area contributed by atoms with E-state index in [4.69, 9.17) is 0 Å². The van der Waals surface area contributed by atoms with Crippen molar-refractivity contribution >= 4 is 15.9 Å². The third-order valence-electron chi connectivity index (χ3n) is 1.66. The fourth-order valence-electron chi connectivity index (χ4n) is 1.02. The summed E-state index contributed by atoms with van der Waals surface area (Å²) in [6.07, 6.45) is 1.71. The first kappa shape index (κ1) is 8.36. The van der Waals surface area contributed by atoms with E-state index in [0.29, 0.717) is 5.82 Å².